The van der Waals surface area contributed by atoms with Crippen molar-refractivity contribution in [2.75, 3.05) is 0 Å². The van der Waals surface area contributed by atoms with Crippen molar-refractivity contribution in [3.05, 3.63) is 28.2 Å². The lowest BCUT2D eigenvalue weighted by Crippen LogP contribution is -2.40. The van der Waals surface area contributed by atoms with Gasteiger partial charge in [-0.05, 0) is 44.1 Å². The van der Waals surface area contributed by atoms with Crippen molar-refractivity contribution in [2.24, 2.45) is 0 Å². The fourth-order valence-corrected chi connectivity index (χ4v) is 3.65. The largest absolute Gasteiger partial charge is 0.409 e. The maximum Gasteiger partial charge on any atom is 0.192 e. The van der Waals surface area contributed by atoms with E-state index in [2.05, 4.69) is 73.2 Å². The predicted octanol–water partition coefficient (Wildman–Crippen LogP) is 6.04. The second-order valence-corrected chi connectivity index (χ2v) is 13.5. The van der Waals surface area contributed by atoms with Crippen LogP contribution in [-0.2, 0) is 11.0 Å². The molecule has 6 heteroatoms. The normalized spacial score (nSPS) is 13.3. The third-order valence-electron chi connectivity index (χ3n) is 4.67. The summed E-state index contributed by atoms with van der Waals surface area (Å²) < 4.78 is 23.3. The standard InChI is InChI=1S/C17H26BrFN2OSi/c1-11(2)21-14-9-12(18)8-13(19)16(14)20-15(21)10-22-23(6,7)17(3,4)5/h8-9,11H,10H2,1-7H3. The number of nitrogens with zero attached hydrogens (tertiary/aromatic N) is 2. The predicted molar refractivity (Wildman–Crippen MR) is 99.8 cm³/mol. The van der Waals surface area contributed by atoms with Crippen molar-refractivity contribution in [1.29, 1.82) is 0 Å². The quantitative estimate of drug-likeness (QED) is 0.584. The molecule has 0 unspecified atom stereocenters. The van der Waals surface area contributed by atoms with Crippen molar-refractivity contribution < 1.29 is 8.82 Å². The Balaban J connectivity index is 2.45. The molecule has 0 aliphatic carbocycles. The minimum absolute atomic E-state index is 0.135. The Morgan fingerprint density at radius 2 is 1.91 bits per heavy atom. The van der Waals surface area contributed by atoms with Crippen LogP contribution in [0, 0.1) is 5.82 Å². The van der Waals surface area contributed by atoms with Gasteiger partial charge in [0.25, 0.3) is 0 Å². The maximum atomic E-state index is 14.2. The van der Waals surface area contributed by atoms with E-state index in [1.807, 2.05) is 6.07 Å². The first-order valence-corrected chi connectivity index (χ1v) is 11.6. The van der Waals surface area contributed by atoms with E-state index in [9.17, 15) is 4.39 Å². The van der Waals surface area contributed by atoms with Gasteiger partial charge in [-0.2, -0.15) is 0 Å². The van der Waals surface area contributed by atoms with Crippen LogP contribution in [0.25, 0.3) is 11.0 Å². The summed E-state index contributed by atoms with van der Waals surface area (Å²) in [6.45, 7) is 15.6. The van der Waals surface area contributed by atoms with Crippen LogP contribution in [0.2, 0.25) is 18.1 Å². The number of benzene rings is 1. The molecule has 0 spiro atoms. The van der Waals surface area contributed by atoms with E-state index in [-0.39, 0.29) is 16.9 Å². The fraction of sp³-hybridized carbons (Fsp3) is 0.588. The molecule has 2 aromatic rings. The minimum Gasteiger partial charge on any atom is -0.409 e. The van der Waals surface area contributed by atoms with Gasteiger partial charge in [-0.1, -0.05) is 36.7 Å². The van der Waals surface area contributed by atoms with E-state index >= 15 is 0 Å². The zero-order chi connectivity index (χ0) is 17.6. The van der Waals surface area contributed by atoms with Gasteiger partial charge in [0, 0.05) is 10.5 Å². The Morgan fingerprint density at radius 1 is 1.30 bits per heavy atom. The molecule has 2 rings (SSSR count). The summed E-state index contributed by atoms with van der Waals surface area (Å²) in [4.78, 5) is 4.52. The molecular weight excluding hydrogens is 375 g/mol. The number of imidazole rings is 1. The van der Waals surface area contributed by atoms with Gasteiger partial charge in [-0.15, -0.1) is 0 Å². The molecule has 0 atom stereocenters. The van der Waals surface area contributed by atoms with Gasteiger partial charge in [0.05, 0.1) is 12.1 Å². The lowest BCUT2D eigenvalue weighted by atomic mass is 10.2. The Morgan fingerprint density at radius 3 is 2.43 bits per heavy atom. The summed E-state index contributed by atoms with van der Waals surface area (Å²) in [7, 11) is -1.88. The molecule has 0 aliphatic heterocycles. The Labute approximate surface area is 147 Å². The molecule has 1 heterocycles. The van der Waals surface area contributed by atoms with E-state index in [4.69, 9.17) is 4.43 Å². The molecular formula is C17H26BrFN2OSi. The van der Waals surface area contributed by atoms with E-state index in [1.165, 1.54) is 6.07 Å². The monoisotopic (exact) mass is 400 g/mol. The molecule has 0 aliphatic rings. The maximum absolute atomic E-state index is 14.2. The van der Waals surface area contributed by atoms with Crippen LogP contribution in [-0.4, -0.2) is 17.9 Å². The molecule has 0 radical (unpaired) electrons. The number of rotatable bonds is 4. The molecule has 0 bridgehead atoms. The molecule has 0 saturated carbocycles. The first-order valence-electron chi connectivity index (χ1n) is 7.94. The molecule has 1 aromatic carbocycles. The molecule has 0 saturated heterocycles. The summed E-state index contributed by atoms with van der Waals surface area (Å²) in [6, 6.07) is 3.56. The smallest absolute Gasteiger partial charge is 0.192 e. The Bertz CT molecular complexity index is 719. The second kappa shape index (κ2) is 6.30. The highest BCUT2D eigenvalue weighted by molar-refractivity contribution is 9.10. The van der Waals surface area contributed by atoms with Gasteiger partial charge in [-0.3, -0.25) is 0 Å². The second-order valence-electron chi connectivity index (χ2n) is 7.80. The van der Waals surface area contributed by atoms with Crippen LogP contribution in [0.1, 0.15) is 46.5 Å². The van der Waals surface area contributed by atoms with E-state index in [1.54, 1.807) is 0 Å². The molecule has 0 amide bonds. The Hall–Kier alpha value is -0.723. The molecule has 1 aromatic heterocycles. The highest BCUT2D eigenvalue weighted by atomic mass is 79.9. The fourth-order valence-electron chi connectivity index (χ4n) is 2.31. The molecule has 0 N–H and O–H groups in total. The summed E-state index contributed by atoms with van der Waals surface area (Å²) in [5.41, 5.74) is 1.22. The summed E-state index contributed by atoms with van der Waals surface area (Å²) in [5.74, 6) is 0.485. The van der Waals surface area contributed by atoms with Crippen molar-refractivity contribution >= 4 is 35.3 Å². The highest BCUT2D eigenvalue weighted by Gasteiger charge is 2.37. The number of hydrogen-bond donors (Lipinski definition) is 0. The summed E-state index contributed by atoms with van der Waals surface area (Å²) in [5, 5.41) is 0.135. The highest BCUT2D eigenvalue weighted by Crippen LogP contribution is 2.37. The van der Waals surface area contributed by atoms with Gasteiger partial charge >= 0.3 is 0 Å². The Kier molecular flexibility index (Phi) is 5.09. The van der Waals surface area contributed by atoms with Crippen molar-refractivity contribution in [3.8, 4) is 0 Å². The van der Waals surface area contributed by atoms with Crippen molar-refractivity contribution in [3.63, 3.8) is 0 Å². The van der Waals surface area contributed by atoms with Crippen LogP contribution in [0.15, 0.2) is 16.6 Å². The van der Waals surface area contributed by atoms with Gasteiger partial charge in [0.2, 0.25) is 0 Å². The van der Waals surface area contributed by atoms with Crippen LogP contribution in [0.4, 0.5) is 4.39 Å². The zero-order valence-electron chi connectivity index (χ0n) is 15.0. The molecule has 0 fully saturated rings. The average molecular weight is 401 g/mol. The average Bonchev–Trinajstić information content (AvgIpc) is 2.73. The van der Waals surface area contributed by atoms with Crippen LogP contribution >= 0.6 is 15.9 Å². The molecule has 3 nitrogen and oxygen atoms in total. The summed E-state index contributed by atoms with van der Waals surface area (Å²) >= 11 is 3.37. The lowest BCUT2D eigenvalue weighted by molar-refractivity contribution is 0.260. The third kappa shape index (κ3) is 3.69. The van der Waals surface area contributed by atoms with Gasteiger partial charge in [0.1, 0.15) is 11.3 Å². The number of hydrogen-bond acceptors (Lipinski definition) is 2. The van der Waals surface area contributed by atoms with E-state index < -0.39 is 8.32 Å². The minimum atomic E-state index is -1.88. The molecule has 128 valence electrons. The van der Waals surface area contributed by atoms with E-state index in [0.29, 0.717) is 12.1 Å². The first kappa shape index (κ1) is 18.6. The van der Waals surface area contributed by atoms with Crippen molar-refractivity contribution in [2.45, 2.75) is 65.4 Å². The number of halogens is 2. The van der Waals surface area contributed by atoms with Crippen LogP contribution < -0.4 is 0 Å². The van der Waals surface area contributed by atoms with E-state index in [0.717, 1.165) is 15.8 Å². The van der Waals surface area contributed by atoms with Gasteiger partial charge in [-0.25, -0.2) is 9.37 Å². The zero-order valence-corrected chi connectivity index (χ0v) is 17.6. The lowest BCUT2D eigenvalue weighted by Gasteiger charge is -2.36. The number of fused-ring (bicyclic) bond motifs is 1. The third-order valence-corrected chi connectivity index (χ3v) is 9.61. The summed E-state index contributed by atoms with van der Waals surface area (Å²) in [6.07, 6.45) is 0. The number of aromatic nitrogens is 2. The van der Waals surface area contributed by atoms with Gasteiger partial charge < -0.3 is 8.99 Å². The van der Waals surface area contributed by atoms with Crippen LogP contribution in [0.5, 0.6) is 0 Å². The molecule has 23 heavy (non-hydrogen) atoms. The topological polar surface area (TPSA) is 27.1 Å². The SMILES string of the molecule is CC(C)n1c(CO[Si](C)(C)C(C)(C)C)nc2c(F)cc(Br)cc21. The first-order chi connectivity index (χ1) is 10.4. The van der Waals surface area contributed by atoms with Crippen LogP contribution in [0.3, 0.4) is 0 Å². The van der Waals surface area contributed by atoms with Crippen molar-refractivity contribution in [1.82, 2.24) is 9.55 Å². The van der Waals surface area contributed by atoms with Gasteiger partial charge in [0.15, 0.2) is 14.1 Å².